The van der Waals surface area contributed by atoms with Gasteiger partial charge in [0.1, 0.15) is 0 Å². The van der Waals surface area contributed by atoms with Gasteiger partial charge in [0.05, 0.1) is 11.1 Å². The number of aliphatic hydroxyl groups excluding tert-OH is 1. The van der Waals surface area contributed by atoms with Gasteiger partial charge in [0.2, 0.25) is 0 Å². The van der Waals surface area contributed by atoms with E-state index in [1.807, 2.05) is 35.8 Å². The first-order valence-electron chi connectivity index (χ1n) is 5.49. The van der Waals surface area contributed by atoms with Gasteiger partial charge >= 0.3 is 0 Å². The third-order valence-corrected chi connectivity index (χ3v) is 6.89. The highest BCUT2D eigenvalue weighted by Crippen LogP contribution is 2.34. The maximum absolute atomic E-state index is 10.2. The number of thioether (sulfide) groups is 2. The summed E-state index contributed by atoms with van der Waals surface area (Å²) in [5.74, 6) is 2.37. The number of hydrogen-bond acceptors (Lipinski definition) is 5. The van der Waals surface area contributed by atoms with Crippen LogP contribution in [0.15, 0.2) is 5.38 Å². The Labute approximate surface area is 109 Å². The maximum atomic E-state index is 10.2. The van der Waals surface area contributed by atoms with E-state index in [1.54, 1.807) is 11.3 Å². The van der Waals surface area contributed by atoms with Gasteiger partial charge in [-0.15, -0.1) is 11.3 Å². The minimum Gasteiger partial charge on any atom is -0.391 e. The normalized spacial score (nSPS) is 27.9. The van der Waals surface area contributed by atoms with Crippen LogP contribution in [0.25, 0.3) is 0 Å². The lowest BCUT2D eigenvalue weighted by atomic mass is 10.1. The van der Waals surface area contributed by atoms with Crippen molar-refractivity contribution in [3.63, 3.8) is 0 Å². The van der Waals surface area contributed by atoms with Gasteiger partial charge in [-0.25, -0.2) is 4.98 Å². The Hall–Kier alpha value is 0.290. The molecular formula is C11H17NOS3. The second-order valence-corrected chi connectivity index (χ2v) is 7.78. The molecule has 90 valence electrons. The molecule has 0 saturated carbocycles. The van der Waals surface area contributed by atoms with Crippen LogP contribution < -0.4 is 0 Å². The lowest BCUT2D eigenvalue weighted by molar-refractivity contribution is 0.171. The first kappa shape index (κ1) is 12.7. The van der Waals surface area contributed by atoms with Crippen molar-refractivity contribution < 1.29 is 5.11 Å². The fourth-order valence-corrected chi connectivity index (χ4v) is 5.53. The SMILES string of the molecule is Cc1csc(CC(O)C2SCCSC2C)n1. The zero-order chi connectivity index (χ0) is 11.5. The van der Waals surface area contributed by atoms with Crippen LogP contribution in [0.3, 0.4) is 0 Å². The molecule has 3 atom stereocenters. The van der Waals surface area contributed by atoms with Crippen LogP contribution in [-0.4, -0.2) is 38.2 Å². The number of aryl methyl sites for hydroxylation is 1. The first-order chi connectivity index (χ1) is 7.66. The third kappa shape index (κ3) is 3.15. The molecule has 1 aromatic rings. The van der Waals surface area contributed by atoms with E-state index in [2.05, 4.69) is 11.9 Å². The predicted molar refractivity (Wildman–Crippen MR) is 74.7 cm³/mol. The zero-order valence-electron chi connectivity index (χ0n) is 9.55. The van der Waals surface area contributed by atoms with Crippen LogP contribution >= 0.6 is 34.9 Å². The number of rotatable bonds is 3. The molecule has 1 aliphatic rings. The second-order valence-electron chi connectivity index (χ2n) is 4.07. The summed E-state index contributed by atoms with van der Waals surface area (Å²) in [6.07, 6.45) is 0.458. The lowest BCUT2D eigenvalue weighted by Crippen LogP contribution is -2.36. The number of aromatic nitrogens is 1. The van der Waals surface area contributed by atoms with Gasteiger partial charge in [-0.1, -0.05) is 6.92 Å². The van der Waals surface area contributed by atoms with Crippen LogP contribution in [-0.2, 0) is 6.42 Å². The van der Waals surface area contributed by atoms with E-state index < -0.39 is 0 Å². The minimum absolute atomic E-state index is 0.252. The average molecular weight is 275 g/mol. The molecule has 5 heteroatoms. The molecule has 0 amide bonds. The van der Waals surface area contributed by atoms with Crippen molar-refractivity contribution in [2.45, 2.75) is 36.9 Å². The van der Waals surface area contributed by atoms with E-state index in [1.165, 1.54) is 5.75 Å². The highest BCUT2D eigenvalue weighted by atomic mass is 32.2. The van der Waals surface area contributed by atoms with Gasteiger partial charge in [-0.2, -0.15) is 23.5 Å². The fourth-order valence-electron chi connectivity index (χ4n) is 1.86. The van der Waals surface area contributed by atoms with E-state index in [0.29, 0.717) is 16.9 Å². The van der Waals surface area contributed by atoms with Crippen LogP contribution in [0.4, 0.5) is 0 Å². The van der Waals surface area contributed by atoms with Gasteiger partial charge in [-0.3, -0.25) is 0 Å². The Kier molecular flexibility index (Phi) is 4.58. The molecule has 1 aromatic heterocycles. The molecule has 1 fully saturated rings. The molecule has 3 unspecified atom stereocenters. The molecule has 0 aromatic carbocycles. The molecule has 0 radical (unpaired) electrons. The topological polar surface area (TPSA) is 33.1 Å². The van der Waals surface area contributed by atoms with Gasteiger partial charge < -0.3 is 5.11 Å². The third-order valence-electron chi connectivity index (χ3n) is 2.67. The molecule has 1 N–H and O–H groups in total. The highest BCUT2D eigenvalue weighted by Gasteiger charge is 2.29. The highest BCUT2D eigenvalue weighted by molar-refractivity contribution is 8.07. The smallest absolute Gasteiger partial charge is 0.0954 e. The monoisotopic (exact) mass is 275 g/mol. The zero-order valence-corrected chi connectivity index (χ0v) is 12.0. The largest absolute Gasteiger partial charge is 0.391 e. The maximum Gasteiger partial charge on any atom is 0.0954 e. The molecule has 0 aliphatic carbocycles. The molecule has 0 spiro atoms. The summed E-state index contributed by atoms with van der Waals surface area (Å²) in [6.45, 7) is 4.22. The van der Waals surface area contributed by atoms with E-state index >= 15 is 0 Å². The first-order valence-corrected chi connectivity index (χ1v) is 8.47. The number of thiazole rings is 1. The molecule has 2 rings (SSSR count). The van der Waals surface area contributed by atoms with E-state index in [9.17, 15) is 5.11 Å². The molecular weight excluding hydrogens is 258 g/mol. The Balaban J connectivity index is 1.93. The Morgan fingerprint density at radius 2 is 2.25 bits per heavy atom. The van der Waals surface area contributed by atoms with Crippen molar-refractivity contribution in [1.82, 2.24) is 4.98 Å². The molecule has 1 saturated heterocycles. The van der Waals surface area contributed by atoms with Crippen molar-refractivity contribution in [2.75, 3.05) is 11.5 Å². The summed E-state index contributed by atoms with van der Waals surface area (Å²) in [4.78, 5) is 4.41. The molecule has 0 bridgehead atoms. The number of hydrogen-bond donors (Lipinski definition) is 1. The predicted octanol–water partition coefficient (Wildman–Crippen LogP) is 2.59. The Morgan fingerprint density at radius 3 is 2.88 bits per heavy atom. The lowest BCUT2D eigenvalue weighted by Gasteiger charge is -2.31. The number of nitrogens with zero attached hydrogens (tertiary/aromatic N) is 1. The van der Waals surface area contributed by atoms with Gasteiger partial charge in [-0.05, 0) is 6.92 Å². The van der Waals surface area contributed by atoms with E-state index in [0.717, 1.165) is 16.5 Å². The van der Waals surface area contributed by atoms with Crippen LogP contribution in [0.5, 0.6) is 0 Å². The quantitative estimate of drug-likeness (QED) is 0.919. The summed E-state index contributed by atoms with van der Waals surface area (Å²) >= 11 is 5.54. The van der Waals surface area contributed by atoms with E-state index in [-0.39, 0.29) is 6.10 Å². The van der Waals surface area contributed by atoms with Gasteiger partial charge in [0.25, 0.3) is 0 Å². The van der Waals surface area contributed by atoms with Crippen molar-refractivity contribution in [1.29, 1.82) is 0 Å². The summed E-state index contributed by atoms with van der Waals surface area (Å²) < 4.78 is 0. The van der Waals surface area contributed by atoms with Crippen molar-refractivity contribution in [3.05, 3.63) is 16.1 Å². The van der Waals surface area contributed by atoms with Crippen LogP contribution in [0, 0.1) is 6.92 Å². The van der Waals surface area contributed by atoms with E-state index in [4.69, 9.17) is 0 Å². The Morgan fingerprint density at radius 1 is 1.50 bits per heavy atom. The Bertz CT molecular complexity index is 342. The molecule has 2 nitrogen and oxygen atoms in total. The summed E-state index contributed by atoms with van der Waals surface area (Å²) in [6, 6.07) is 0. The summed E-state index contributed by atoms with van der Waals surface area (Å²) in [5.41, 5.74) is 1.06. The average Bonchev–Trinajstić information content (AvgIpc) is 2.64. The van der Waals surface area contributed by atoms with Crippen LogP contribution in [0.1, 0.15) is 17.6 Å². The summed E-state index contributed by atoms with van der Waals surface area (Å²) in [7, 11) is 0. The fraction of sp³-hybridized carbons (Fsp3) is 0.727. The minimum atomic E-state index is -0.252. The van der Waals surface area contributed by atoms with Crippen LogP contribution in [0.2, 0.25) is 0 Å². The van der Waals surface area contributed by atoms with Crippen molar-refractivity contribution >= 4 is 34.9 Å². The second kappa shape index (κ2) is 5.76. The molecule has 2 heterocycles. The van der Waals surface area contributed by atoms with Crippen molar-refractivity contribution in [2.24, 2.45) is 0 Å². The van der Waals surface area contributed by atoms with Crippen molar-refractivity contribution in [3.8, 4) is 0 Å². The molecule has 16 heavy (non-hydrogen) atoms. The van der Waals surface area contributed by atoms with Gasteiger partial charge in [0, 0.05) is 39.5 Å². The standard InChI is InChI=1S/C11H17NOS3/c1-7-6-16-10(12-7)5-9(13)11-8(2)14-3-4-15-11/h6,8-9,11,13H,3-5H2,1-2H3. The summed E-state index contributed by atoms with van der Waals surface area (Å²) in [5, 5.41) is 14.3. The number of aliphatic hydroxyl groups is 1. The van der Waals surface area contributed by atoms with Gasteiger partial charge in [0.15, 0.2) is 0 Å². The molecule has 1 aliphatic heterocycles.